The molecule has 6 heteroatoms. The van der Waals surface area contributed by atoms with Gasteiger partial charge in [0.05, 0.1) is 0 Å². The maximum Gasteiger partial charge on any atom is 0.336 e. The third kappa shape index (κ3) is 3.59. The highest BCUT2D eigenvalue weighted by atomic mass is 16.4. The summed E-state index contributed by atoms with van der Waals surface area (Å²) in [4.78, 5) is 28.1. The molecular formula is C24H25N3O3. The van der Waals surface area contributed by atoms with Crippen LogP contribution in [-0.4, -0.2) is 37.0 Å². The Balaban J connectivity index is 1.31. The number of aryl methyl sites for hydroxylation is 2. The second-order valence-electron chi connectivity index (χ2n) is 8.24. The van der Waals surface area contributed by atoms with Gasteiger partial charge in [-0.25, -0.2) is 4.79 Å². The predicted octanol–water partition coefficient (Wildman–Crippen LogP) is 2.70. The van der Waals surface area contributed by atoms with Crippen LogP contribution in [0.5, 0.6) is 0 Å². The van der Waals surface area contributed by atoms with E-state index in [1.807, 2.05) is 12.1 Å². The predicted molar refractivity (Wildman–Crippen MR) is 117 cm³/mol. The van der Waals surface area contributed by atoms with E-state index in [1.165, 1.54) is 17.5 Å². The summed E-state index contributed by atoms with van der Waals surface area (Å²) in [5.41, 5.74) is 11.2. The minimum Gasteiger partial charge on any atom is -0.423 e. The van der Waals surface area contributed by atoms with Crippen LogP contribution in [0.3, 0.4) is 0 Å². The summed E-state index contributed by atoms with van der Waals surface area (Å²) in [5, 5.41) is 1.07. The molecule has 30 heavy (non-hydrogen) atoms. The molecule has 3 aromatic rings. The van der Waals surface area contributed by atoms with Crippen molar-refractivity contribution in [3.63, 3.8) is 0 Å². The van der Waals surface area contributed by atoms with Crippen LogP contribution in [0, 0.1) is 0 Å². The van der Waals surface area contributed by atoms with Gasteiger partial charge in [0.2, 0.25) is 5.91 Å². The van der Waals surface area contributed by atoms with Crippen molar-refractivity contribution < 1.29 is 9.21 Å². The molecule has 0 spiro atoms. The topological polar surface area (TPSA) is 79.8 Å². The van der Waals surface area contributed by atoms with Crippen molar-refractivity contribution in [1.82, 2.24) is 4.90 Å². The van der Waals surface area contributed by atoms with E-state index < -0.39 is 5.91 Å². The fourth-order valence-corrected chi connectivity index (χ4v) is 4.67. The van der Waals surface area contributed by atoms with Gasteiger partial charge < -0.3 is 15.1 Å². The molecule has 0 bridgehead atoms. The number of anilines is 1. The van der Waals surface area contributed by atoms with E-state index in [2.05, 4.69) is 21.9 Å². The van der Waals surface area contributed by atoms with Gasteiger partial charge in [-0.2, -0.15) is 0 Å². The number of carbonyl (C=O) groups excluding carboxylic acids is 1. The van der Waals surface area contributed by atoms with Gasteiger partial charge in [0.25, 0.3) is 0 Å². The molecule has 154 valence electrons. The minimum absolute atomic E-state index is 0.274. The van der Waals surface area contributed by atoms with E-state index in [0.29, 0.717) is 11.1 Å². The first kappa shape index (κ1) is 18.9. The summed E-state index contributed by atoms with van der Waals surface area (Å²) in [5.74, 6) is -0.406. The summed E-state index contributed by atoms with van der Waals surface area (Å²) >= 11 is 0. The lowest BCUT2D eigenvalue weighted by molar-refractivity contribution is 0.100. The van der Waals surface area contributed by atoms with Crippen molar-refractivity contribution in [3.8, 4) is 0 Å². The molecule has 1 aliphatic heterocycles. The highest BCUT2D eigenvalue weighted by Gasteiger charge is 2.20. The minimum atomic E-state index is -0.406. The Bertz CT molecular complexity index is 1160. The Hall–Kier alpha value is -3.12. The Labute approximate surface area is 174 Å². The largest absolute Gasteiger partial charge is 0.423 e. The lowest BCUT2D eigenvalue weighted by Crippen LogP contribution is -2.46. The van der Waals surface area contributed by atoms with Gasteiger partial charge in [-0.1, -0.05) is 0 Å². The number of hydrogen-bond acceptors (Lipinski definition) is 5. The van der Waals surface area contributed by atoms with Gasteiger partial charge in [-0.3, -0.25) is 9.69 Å². The number of amides is 1. The number of hydrogen-bond donors (Lipinski definition) is 1. The van der Waals surface area contributed by atoms with Crippen LogP contribution in [-0.2, 0) is 19.4 Å². The molecule has 0 atom stereocenters. The van der Waals surface area contributed by atoms with Crippen LogP contribution in [0.15, 0.2) is 51.7 Å². The Kier molecular flexibility index (Phi) is 4.79. The number of nitrogens with two attached hydrogens (primary N) is 1. The van der Waals surface area contributed by atoms with Gasteiger partial charge in [0.1, 0.15) is 5.58 Å². The maximum absolute atomic E-state index is 12.1. The van der Waals surface area contributed by atoms with E-state index in [1.54, 1.807) is 18.2 Å². The molecule has 2 aliphatic rings. The smallest absolute Gasteiger partial charge is 0.336 e. The molecule has 1 saturated heterocycles. The molecule has 1 aromatic heterocycles. The Morgan fingerprint density at radius 1 is 0.967 bits per heavy atom. The fourth-order valence-electron chi connectivity index (χ4n) is 4.67. The van der Waals surface area contributed by atoms with E-state index >= 15 is 0 Å². The number of carbonyl (C=O) groups is 1. The van der Waals surface area contributed by atoms with Crippen LogP contribution >= 0.6 is 0 Å². The summed E-state index contributed by atoms with van der Waals surface area (Å²) in [7, 11) is 0. The van der Waals surface area contributed by atoms with Crippen molar-refractivity contribution in [3.05, 3.63) is 75.1 Å². The number of benzene rings is 2. The summed E-state index contributed by atoms with van der Waals surface area (Å²) < 4.78 is 5.50. The SMILES string of the molecule is NC(=O)c1ccc(N2CCN(Cc3cc(=O)oc4cc5c(cc34)CCC5)CC2)cc1. The first-order chi connectivity index (χ1) is 14.6. The molecule has 2 heterocycles. The Morgan fingerprint density at radius 2 is 1.67 bits per heavy atom. The average molecular weight is 403 g/mol. The fraction of sp³-hybridized carbons (Fsp3) is 0.333. The molecule has 2 N–H and O–H groups in total. The van der Waals surface area contributed by atoms with Gasteiger partial charge >= 0.3 is 5.63 Å². The van der Waals surface area contributed by atoms with Crippen LogP contribution in [0.1, 0.15) is 33.5 Å². The number of rotatable bonds is 4. The van der Waals surface area contributed by atoms with Gasteiger partial charge in [-0.15, -0.1) is 0 Å². The molecule has 1 aliphatic carbocycles. The second kappa shape index (κ2) is 7.61. The highest BCUT2D eigenvalue weighted by Crippen LogP contribution is 2.29. The average Bonchev–Trinajstić information content (AvgIpc) is 3.20. The summed E-state index contributed by atoms with van der Waals surface area (Å²) in [6, 6.07) is 13.4. The van der Waals surface area contributed by atoms with Gasteiger partial charge in [0.15, 0.2) is 0 Å². The molecule has 1 fully saturated rings. The quantitative estimate of drug-likeness (QED) is 0.678. The monoisotopic (exact) mass is 403 g/mol. The second-order valence-corrected chi connectivity index (χ2v) is 8.24. The number of nitrogens with zero attached hydrogens (tertiary/aromatic N) is 2. The first-order valence-corrected chi connectivity index (χ1v) is 10.5. The third-order valence-electron chi connectivity index (χ3n) is 6.33. The van der Waals surface area contributed by atoms with E-state index in [9.17, 15) is 9.59 Å². The van der Waals surface area contributed by atoms with Crippen LogP contribution in [0.2, 0.25) is 0 Å². The molecule has 0 radical (unpaired) electrons. The van der Waals surface area contributed by atoms with Crippen molar-refractivity contribution in [2.75, 3.05) is 31.1 Å². The normalized spacial score (nSPS) is 16.7. The van der Waals surface area contributed by atoms with E-state index in [4.69, 9.17) is 10.2 Å². The van der Waals surface area contributed by atoms with Crippen molar-refractivity contribution in [2.45, 2.75) is 25.8 Å². The van der Waals surface area contributed by atoms with E-state index in [-0.39, 0.29) is 5.63 Å². The van der Waals surface area contributed by atoms with Gasteiger partial charge in [0, 0.05) is 55.4 Å². The van der Waals surface area contributed by atoms with Crippen molar-refractivity contribution in [2.24, 2.45) is 5.73 Å². The first-order valence-electron chi connectivity index (χ1n) is 10.5. The molecular weight excluding hydrogens is 378 g/mol. The Morgan fingerprint density at radius 3 is 2.37 bits per heavy atom. The standard InChI is InChI=1S/C24H25N3O3/c25-24(29)16-4-6-20(7-5-16)27-10-8-26(9-11-27)15-19-14-23(28)30-22-13-18-3-1-2-17(18)12-21(19)22/h4-7,12-14H,1-3,8-11,15H2,(H2,25,29). The maximum atomic E-state index is 12.1. The number of primary amides is 1. The molecule has 1 amide bonds. The number of fused-ring (bicyclic) bond motifs is 2. The molecule has 0 unspecified atom stereocenters. The number of piperazine rings is 1. The molecule has 2 aromatic carbocycles. The molecule has 6 nitrogen and oxygen atoms in total. The summed E-state index contributed by atoms with van der Waals surface area (Å²) in [6.45, 7) is 4.35. The zero-order valence-electron chi connectivity index (χ0n) is 16.9. The summed E-state index contributed by atoms with van der Waals surface area (Å²) in [6.07, 6.45) is 3.35. The van der Waals surface area contributed by atoms with Crippen molar-refractivity contribution in [1.29, 1.82) is 0 Å². The highest BCUT2D eigenvalue weighted by molar-refractivity contribution is 5.93. The lowest BCUT2D eigenvalue weighted by Gasteiger charge is -2.36. The zero-order chi connectivity index (χ0) is 20.7. The van der Waals surface area contributed by atoms with Crippen molar-refractivity contribution >= 4 is 22.6 Å². The molecule has 5 rings (SSSR count). The van der Waals surface area contributed by atoms with Gasteiger partial charge in [-0.05, 0) is 72.4 Å². The van der Waals surface area contributed by atoms with E-state index in [0.717, 1.165) is 62.2 Å². The molecule has 0 saturated carbocycles. The van der Waals surface area contributed by atoms with Crippen LogP contribution in [0.4, 0.5) is 5.69 Å². The zero-order valence-corrected chi connectivity index (χ0v) is 16.9. The lowest BCUT2D eigenvalue weighted by atomic mass is 10.0. The van der Waals surface area contributed by atoms with Crippen LogP contribution in [0.25, 0.3) is 11.0 Å². The van der Waals surface area contributed by atoms with Crippen LogP contribution < -0.4 is 16.3 Å². The third-order valence-corrected chi connectivity index (χ3v) is 6.33.